The summed E-state index contributed by atoms with van der Waals surface area (Å²) in [5.41, 5.74) is 0.489. The van der Waals surface area contributed by atoms with Crippen LogP contribution in [0, 0.1) is 0 Å². The minimum Gasteiger partial charge on any atom is -0.337 e. The molecule has 2 saturated heterocycles. The summed E-state index contributed by atoms with van der Waals surface area (Å²) in [5.74, 6) is -0.00880. The molecule has 0 aliphatic carbocycles. The summed E-state index contributed by atoms with van der Waals surface area (Å²) in [6.07, 6.45) is 5.23. The maximum absolute atomic E-state index is 12.5. The summed E-state index contributed by atoms with van der Waals surface area (Å²) in [7, 11) is 0. The Labute approximate surface area is 132 Å². The molecular formula is C14H17BrClN3O. The van der Waals surface area contributed by atoms with Crippen LogP contribution < -0.4 is 0 Å². The molecule has 3 rings (SSSR count). The van der Waals surface area contributed by atoms with E-state index in [1.807, 2.05) is 4.90 Å². The SMILES string of the molecule is O=C(c1cc(Br)cnc1Cl)N1CCC(N2CCCC2)C1. The van der Waals surface area contributed by atoms with E-state index in [1.165, 1.54) is 25.9 Å². The molecule has 6 heteroatoms. The molecule has 0 spiro atoms. The lowest BCUT2D eigenvalue weighted by molar-refractivity contribution is 0.0780. The van der Waals surface area contributed by atoms with E-state index in [4.69, 9.17) is 11.6 Å². The van der Waals surface area contributed by atoms with Crippen LogP contribution in [0.3, 0.4) is 0 Å². The lowest BCUT2D eigenvalue weighted by Crippen LogP contribution is -2.37. The summed E-state index contributed by atoms with van der Waals surface area (Å²) in [5, 5.41) is 0.280. The molecular weight excluding hydrogens is 342 g/mol. The molecule has 20 heavy (non-hydrogen) atoms. The molecule has 0 radical (unpaired) electrons. The van der Waals surface area contributed by atoms with E-state index in [0.717, 1.165) is 24.0 Å². The largest absolute Gasteiger partial charge is 0.337 e. The monoisotopic (exact) mass is 357 g/mol. The van der Waals surface area contributed by atoms with Crippen LogP contribution in [0.25, 0.3) is 0 Å². The zero-order chi connectivity index (χ0) is 14.1. The van der Waals surface area contributed by atoms with Crippen molar-refractivity contribution < 1.29 is 4.79 Å². The maximum atomic E-state index is 12.5. The maximum Gasteiger partial charge on any atom is 0.257 e. The van der Waals surface area contributed by atoms with Gasteiger partial charge in [-0.05, 0) is 54.3 Å². The molecule has 1 amide bonds. The van der Waals surface area contributed by atoms with Gasteiger partial charge in [-0.2, -0.15) is 0 Å². The fourth-order valence-corrected chi connectivity index (χ4v) is 3.59. The highest BCUT2D eigenvalue weighted by atomic mass is 79.9. The van der Waals surface area contributed by atoms with Crippen molar-refractivity contribution in [1.29, 1.82) is 0 Å². The number of hydrogen-bond acceptors (Lipinski definition) is 3. The zero-order valence-corrected chi connectivity index (χ0v) is 13.5. The van der Waals surface area contributed by atoms with Gasteiger partial charge in [-0.25, -0.2) is 4.98 Å². The summed E-state index contributed by atoms with van der Waals surface area (Å²) < 4.78 is 0.778. The Balaban J connectivity index is 1.70. The Morgan fingerprint density at radius 2 is 2.10 bits per heavy atom. The lowest BCUT2D eigenvalue weighted by Gasteiger charge is -2.23. The quantitative estimate of drug-likeness (QED) is 0.763. The van der Waals surface area contributed by atoms with Crippen molar-refractivity contribution in [2.24, 2.45) is 0 Å². The molecule has 1 atom stereocenters. The van der Waals surface area contributed by atoms with Crippen molar-refractivity contribution >= 4 is 33.4 Å². The Morgan fingerprint density at radius 3 is 2.85 bits per heavy atom. The van der Waals surface area contributed by atoms with Gasteiger partial charge in [0.05, 0.1) is 5.56 Å². The zero-order valence-electron chi connectivity index (χ0n) is 11.2. The van der Waals surface area contributed by atoms with Crippen LogP contribution in [0.4, 0.5) is 0 Å². The number of rotatable bonds is 2. The van der Waals surface area contributed by atoms with Gasteiger partial charge in [0.1, 0.15) is 5.15 Å². The first-order valence-electron chi connectivity index (χ1n) is 6.99. The average Bonchev–Trinajstić information content (AvgIpc) is 3.10. The molecule has 108 valence electrons. The Bertz CT molecular complexity index is 519. The number of likely N-dealkylation sites (tertiary alicyclic amines) is 2. The minimum absolute atomic E-state index is 0.00880. The number of carbonyl (C=O) groups excluding carboxylic acids is 1. The number of nitrogens with zero attached hydrogens (tertiary/aromatic N) is 3. The number of amides is 1. The topological polar surface area (TPSA) is 36.4 Å². The van der Waals surface area contributed by atoms with Crippen LogP contribution in [0.1, 0.15) is 29.6 Å². The molecule has 0 bridgehead atoms. The first kappa shape index (κ1) is 14.3. The number of halogens is 2. The third-order valence-corrected chi connectivity index (χ3v) is 4.88. The Hall–Kier alpha value is -0.650. The van der Waals surface area contributed by atoms with Gasteiger partial charge in [0.15, 0.2) is 0 Å². The first-order valence-corrected chi connectivity index (χ1v) is 8.16. The van der Waals surface area contributed by atoms with E-state index >= 15 is 0 Å². The molecule has 2 aliphatic heterocycles. The fraction of sp³-hybridized carbons (Fsp3) is 0.571. The molecule has 2 aliphatic rings. The third-order valence-electron chi connectivity index (χ3n) is 4.14. The van der Waals surface area contributed by atoms with E-state index in [-0.39, 0.29) is 11.1 Å². The Morgan fingerprint density at radius 1 is 1.35 bits per heavy atom. The van der Waals surface area contributed by atoms with E-state index in [9.17, 15) is 4.79 Å². The molecule has 4 nitrogen and oxygen atoms in total. The second-order valence-electron chi connectivity index (χ2n) is 5.43. The van der Waals surface area contributed by atoms with Crippen molar-refractivity contribution in [2.45, 2.75) is 25.3 Å². The van der Waals surface area contributed by atoms with E-state index in [1.54, 1.807) is 12.3 Å². The van der Waals surface area contributed by atoms with Gasteiger partial charge in [-0.15, -0.1) is 0 Å². The highest BCUT2D eigenvalue weighted by molar-refractivity contribution is 9.10. The molecule has 0 aromatic carbocycles. The summed E-state index contributed by atoms with van der Waals surface area (Å²) >= 11 is 9.38. The Kier molecular flexibility index (Phi) is 4.29. The third kappa shape index (κ3) is 2.85. The van der Waals surface area contributed by atoms with Gasteiger partial charge in [-0.1, -0.05) is 11.6 Å². The first-order chi connectivity index (χ1) is 9.65. The predicted molar refractivity (Wildman–Crippen MR) is 82.1 cm³/mol. The average molecular weight is 359 g/mol. The standard InChI is InChI=1S/C14H17BrClN3O/c15-10-7-12(13(16)17-8-10)14(20)19-6-3-11(9-19)18-4-1-2-5-18/h7-8,11H,1-6,9H2. The molecule has 3 heterocycles. The summed E-state index contributed by atoms with van der Waals surface area (Å²) in [6, 6.07) is 2.27. The van der Waals surface area contributed by atoms with Crippen molar-refractivity contribution in [3.63, 3.8) is 0 Å². The van der Waals surface area contributed by atoms with Gasteiger partial charge in [0.25, 0.3) is 5.91 Å². The van der Waals surface area contributed by atoms with Gasteiger partial charge in [0, 0.05) is 29.8 Å². The van der Waals surface area contributed by atoms with Crippen LogP contribution >= 0.6 is 27.5 Å². The van der Waals surface area contributed by atoms with Crippen molar-refractivity contribution in [3.05, 3.63) is 27.5 Å². The number of aromatic nitrogens is 1. The predicted octanol–water partition coefficient (Wildman–Crippen LogP) is 2.81. The normalized spacial score (nSPS) is 23.5. The highest BCUT2D eigenvalue weighted by Crippen LogP contribution is 2.24. The molecule has 0 saturated carbocycles. The second kappa shape index (κ2) is 6.00. The van der Waals surface area contributed by atoms with Crippen LogP contribution in [0.2, 0.25) is 5.15 Å². The van der Waals surface area contributed by atoms with Gasteiger partial charge in [0.2, 0.25) is 0 Å². The smallest absolute Gasteiger partial charge is 0.257 e. The number of pyridine rings is 1. The van der Waals surface area contributed by atoms with Crippen LogP contribution in [0.15, 0.2) is 16.7 Å². The number of hydrogen-bond donors (Lipinski definition) is 0. The molecule has 0 N–H and O–H groups in total. The highest BCUT2D eigenvalue weighted by Gasteiger charge is 2.32. The van der Waals surface area contributed by atoms with Crippen molar-refractivity contribution in [1.82, 2.24) is 14.8 Å². The van der Waals surface area contributed by atoms with Crippen LogP contribution in [0.5, 0.6) is 0 Å². The van der Waals surface area contributed by atoms with Crippen molar-refractivity contribution in [2.75, 3.05) is 26.2 Å². The van der Waals surface area contributed by atoms with Gasteiger partial charge in [-0.3, -0.25) is 9.69 Å². The molecule has 2 fully saturated rings. The van der Waals surface area contributed by atoms with E-state index in [0.29, 0.717) is 11.6 Å². The van der Waals surface area contributed by atoms with E-state index < -0.39 is 0 Å². The van der Waals surface area contributed by atoms with Crippen molar-refractivity contribution in [3.8, 4) is 0 Å². The molecule has 1 aromatic rings. The lowest BCUT2D eigenvalue weighted by atomic mass is 10.2. The summed E-state index contributed by atoms with van der Waals surface area (Å²) in [6.45, 7) is 3.96. The van der Waals surface area contributed by atoms with Crippen LogP contribution in [-0.2, 0) is 0 Å². The minimum atomic E-state index is -0.00880. The van der Waals surface area contributed by atoms with Gasteiger partial charge < -0.3 is 4.90 Å². The fourth-order valence-electron chi connectivity index (χ4n) is 3.07. The van der Waals surface area contributed by atoms with Crippen LogP contribution in [-0.4, -0.2) is 52.9 Å². The second-order valence-corrected chi connectivity index (χ2v) is 6.70. The number of carbonyl (C=O) groups is 1. The van der Waals surface area contributed by atoms with Gasteiger partial charge >= 0.3 is 0 Å². The summed E-state index contributed by atoms with van der Waals surface area (Å²) in [4.78, 5) is 21.0. The van der Waals surface area contributed by atoms with E-state index in [2.05, 4.69) is 25.8 Å². The molecule has 1 aromatic heterocycles. The molecule has 1 unspecified atom stereocenters.